The van der Waals surface area contributed by atoms with Crippen molar-refractivity contribution in [3.8, 4) is 0 Å². The van der Waals surface area contributed by atoms with Crippen molar-refractivity contribution in [2.24, 2.45) is 5.41 Å². The first-order valence-electron chi connectivity index (χ1n) is 23.3. The molecule has 20 heteroatoms. The minimum absolute atomic E-state index is 0.134. The lowest BCUT2D eigenvalue weighted by molar-refractivity contribution is 0.105. The summed E-state index contributed by atoms with van der Waals surface area (Å²) in [6, 6.07) is 11.2. The molecule has 0 N–H and O–H groups in total. The van der Waals surface area contributed by atoms with Gasteiger partial charge in [0.2, 0.25) is 0 Å². The molecule has 1 aliphatic carbocycles. The molecule has 1 aromatic rings. The van der Waals surface area contributed by atoms with Crippen LogP contribution in [0.25, 0.3) is 0 Å². The molecule has 5 saturated heterocycles. The van der Waals surface area contributed by atoms with E-state index in [1.165, 1.54) is 24.0 Å². The molecular weight excluding hydrogens is 909 g/mol. The summed E-state index contributed by atoms with van der Waals surface area (Å²) in [5, 5.41) is 0. The van der Waals surface area contributed by atoms with Gasteiger partial charge in [-0.3, -0.25) is 0 Å². The van der Waals surface area contributed by atoms with Gasteiger partial charge in [0.05, 0.1) is 56.4 Å². The average molecular weight is 998 g/mol. The molecule has 6 aliphatic rings. The molecule has 6 fully saturated rings. The number of epoxide rings is 5. The molecule has 0 radical (unpaired) electrons. The Labute approximate surface area is 396 Å². The van der Waals surface area contributed by atoms with Crippen LogP contribution in [0, 0.1) is 5.41 Å². The lowest BCUT2D eigenvalue weighted by atomic mass is 9.90. The molecule has 7 rings (SSSR count). The largest absolute Gasteiger partial charge is 0.503 e. The molecule has 8 unspecified atom stereocenters. The third kappa shape index (κ3) is 20.4. The third-order valence-electron chi connectivity index (χ3n) is 13.1. The normalized spacial score (nSPS) is 26.3. The number of rotatable bonds is 25. The predicted octanol–water partition coefficient (Wildman–Crippen LogP) is 7.76. The monoisotopic (exact) mass is 997 g/mol. The maximum absolute atomic E-state index is 5.49. The van der Waals surface area contributed by atoms with E-state index in [0.717, 1.165) is 76.5 Å². The van der Waals surface area contributed by atoms with E-state index in [0.29, 0.717) is 48.3 Å². The maximum Gasteiger partial charge on any atom is 0.503 e. The first kappa shape index (κ1) is 58.8. The molecule has 16 nitrogen and oxygen atoms in total. The number of hydrogen-bond acceptors (Lipinski definition) is 16. The highest BCUT2D eigenvalue weighted by Gasteiger charge is 2.55. The fourth-order valence-electron chi connectivity index (χ4n) is 8.16. The van der Waals surface area contributed by atoms with Gasteiger partial charge >= 0.3 is 35.0 Å². The van der Waals surface area contributed by atoms with E-state index in [1.54, 1.807) is 78.2 Å². The number of aryl methyl sites for hydroxylation is 1. The van der Waals surface area contributed by atoms with Crippen LogP contribution in [0.4, 0.5) is 0 Å². The van der Waals surface area contributed by atoms with Crippen molar-refractivity contribution in [1.82, 2.24) is 0 Å². The minimum atomic E-state index is -2.45. The fraction of sp³-hybridized carbons (Fsp3) is 0.867. The standard InChI is InChI=1S/C13H20O4Si.C10H22O4Si.C9H18O4Si.C7H16O3Si.C6H12O/c1-14-18(15-2,16-3)9-8-11-4-6-12(7-5-11)13-10-17-13;1-10(2,6-9-7-14-9)8-15(11-3,12-4)13-5;1-10-14(11-2,12-3)7-4-5-8-9(6-7)13-8;1-8-11(3,9-2)5-4-7-6-10-7;1-3-4-6-5(2)7-6/h4-7,13H,8-10H2,1-3H3;9H,6-8H2,1-5H3;7-9H,4-6H2,1-3H3;7H,4-6H2,1-3H3;5-6H,3-4H2,1-2H3. The Morgan fingerprint density at radius 2 is 1.14 bits per heavy atom. The van der Waals surface area contributed by atoms with E-state index >= 15 is 0 Å². The predicted molar refractivity (Wildman–Crippen MR) is 257 cm³/mol. The van der Waals surface area contributed by atoms with Gasteiger partial charge in [0, 0.05) is 95.8 Å². The Kier molecular flexibility index (Phi) is 25.6. The first-order chi connectivity index (χ1) is 31.0. The number of fused-ring (bicyclic) bond motifs is 1. The second-order valence-electron chi connectivity index (χ2n) is 18.3. The molecule has 8 atom stereocenters. The minimum Gasteiger partial charge on any atom is -0.398 e. The molecule has 65 heavy (non-hydrogen) atoms. The van der Waals surface area contributed by atoms with Crippen molar-refractivity contribution < 1.29 is 72.4 Å². The molecule has 1 aromatic carbocycles. The zero-order valence-electron chi connectivity index (χ0n) is 42.9. The Morgan fingerprint density at radius 3 is 1.52 bits per heavy atom. The van der Waals surface area contributed by atoms with E-state index in [4.69, 9.17) is 72.4 Å². The summed E-state index contributed by atoms with van der Waals surface area (Å²) in [6.45, 7) is 13.5. The highest BCUT2D eigenvalue weighted by atomic mass is 28.4. The fourth-order valence-corrected chi connectivity index (χ4v) is 16.1. The van der Waals surface area contributed by atoms with Crippen LogP contribution in [-0.2, 0) is 78.8 Å². The molecule has 380 valence electrons. The molecule has 0 aromatic heterocycles. The molecule has 5 heterocycles. The van der Waals surface area contributed by atoms with Crippen LogP contribution in [0.5, 0.6) is 0 Å². The van der Waals surface area contributed by atoms with E-state index in [-0.39, 0.29) is 5.41 Å². The van der Waals surface area contributed by atoms with Crippen molar-refractivity contribution in [2.45, 2.75) is 152 Å². The summed E-state index contributed by atoms with van der Waals surface area (Å²) in [5.74, 6) is 0. The maximum atomic E-state index is 5.49. The second-order valence-corrected chi connectivity index (χ2v) is 31.2. The topological polar surface area (TPSA) is 164 Å². The van der Waals surface area contributed by atoms with E-state index in [2.05, 4.69) is 58.5 Å². The van der Waals surface area contributed by atoms with Gasteiger partial charge in [-0.1, -0.05) is 51.5 Å². The van der Waals surface area contributed by atoms with Crippen LogP contribution in [0.3, 0.4) is 0 Å². The summed E-state index contributed by atoms with van der Waals surface area (Å²) in [4.78, 5) is 0. The lowest BCUT2D eigenvalue weighted by Gasteiger charge is -2.33. The van der Waals surface area contributed by atoms with E-state index < -0.39 is 35.0 Å². The van der Waals surface area contributed by atoms with E-state index in [1.807, 2.05) is 0 Å². The van der Waals surface area contributed by atoms with Gasteiger partial charge in [0.15, 0.2) is 0 Å². The molecule has 0 spiro atoms. The van der Waals surface area contributed by atoms with Crippen molar-refractivity contribution in [3.63, 3.8) is 0 Å². The Morgan fingerprint density at radius 1 is 0.615 bits per heavy atom. The zero-order chi connectivity index (χ0) is 48.3. The second kappa shape index (κ2) is 28.3. The molecular formula is C45H88O16Si4. The average Bonchev–Trinajstić information content (AvgIpc) is 4.09. The summed E-state index contributed by atoms with van der Waals surface area (Å²) in [6.07, 6.45) is 12.2. The zero-order valence-corrected chi connectivity index (χ0v) is 46.9. The molecule has 1 saturated carbocycles. The summed E-state index contributed by atoms with van der Waals surface area (Å²) < 4.78 is 85.8. The number of ether oxygens (including phenoxy) is 5. The van der Waals surface area contributed by atoms with Gasteiger partial charge in [0.25, 0.3) is 0 Å². The van der Waals surface area contributed by atoms with Gasteiger partial charge in [-0.05, 0) is 81.0 Å². The quantitative estimate of drug-likeness (QED) is 0.0689. The number of benzene rings is 1. The van der Waals surface area contributed by atoms with Crippen molar-refractivity contribution >= 4 is 35.0 Å². The summed E-state index contributed by atoms with van der Waals surface area (Å²) in [7, 11) is 9.29. The summed E-state index contributed by atoms with van der Waals surface area (Å²) >= 11 is 0. The van der Waals surface area contributed by atoms with Crippen LogP contribution in [0.2, 0.25) is 30.2 Å². The van der Waals surface area contributed by atoms with Crippen molar-refractivity contribution in [1.29, 1.82) is 0 Å². The smallest absolute Gasteiger partial charge is 0.398 e. The lowest BCUT2D eigenvalue weighted by Crippen LogP contribution is -2.48. The molecule has 5 aliphatic heterocycles. The highest BCUT2D eigenvalue weighted by Crippen LogP contribution is 2.46. The Hall–Kier alpha value is -0.552. The van der Waals surface area contributed by atoms with Gasteiger partial charge < -0.3 is 72.4 Å². The highest BCUT2D eigenvalue weighted by molar-refractivity contribution is 6.66. The van der Waals surface area contributed by atoms with Gasteiger partial charge in [-0.2, -0.15) is 0 Å². The van der Waals surface area contributed by atoms with Gasteiger partial charge in [0.1, 0.15) is 6.10 Å². The molecule has 0 amide bonds. The van der Waals surface area contributed by atoms with Crippen molar-refractivity contribution in [3.05, 3.63) is 35.4 Å². The van der Waals surface area contributed by atoms with Crippen LogP contribution in [-0.4, -0.2) is 170 Å². The summed E-state index contributed by atoms with van der Waals surface area (Å²) in [5.41, 5.74) is 3.07. The van der Waals surface area contributed by atoms with E-state index in [9.17, 15) is 0 Å². The third-order valence-corrected chi connectivity index (χ3v) is 25.2. The SMILES string of the molecule is CCCC1OC1C.CO[Si](C)(CCC1CO1)OC.CO[Si](CC(C)(C)CC1CO1)(OC)OC.CO[Si](CCc1ccc(C2CO2)cc1)(OC)OC.CO[Si](OC)(OC)C1CCC2OC2C1. The number of hydrogen-bond donors (Lipinski definition) is 0. The van der Waals surface area contributed by atoms with Crippen molar-refractivity contribution in [2.75, 3.05) is 98.0 Å². The Bertz CT molecular complexity index is 1400. The van der Waals surface area contributed by atoms with Crippen LogP contribution in [0.15, 0.2) is 24.3 Å². The van der Waals surface area contributed by atoms with Gasteiger partial charge in [-0.15, -0.1) is 0 Å². The van der Waals surface area contributed by atoms with Crippen LogP contribution in [0.1, 0.15) is 89.9 Å². The van der Waals surface area contributed by atoms with Gasteiger partial charge in [-0.25, -0.2) is 0 Å². The van der Waals surface area contributed by atoms with Crippen LogP contribution < -0.4 is 0 Å². The Balaban J connectivity index is 0.000000222. The first-order valence-corrected chi connectivity index (χ1v) is 31.5. The molecule has 0 bridgehead atoms. The van der Waals surface area contributed by atoms with Crippen LogP contribution >= 0.6 is 0 Å².